The molecule has 10 unspecified atom stereocenters. The minimum Gasteiger partial charge on any atom is -0.508 e. The zero-order chi connectivity index (χ0) is 42.5. The minimum atomic E-state index is -1.94. The number of phenols is 3. The Hall–Kier alpha value is -6.10. The van der Waals surface area contributed by atoms with Gasteiger partial charge in [-0.2, -0.15) is 0 Å². The van der Waals surface area contributed by atoms with Crippen LogP contribution in [0.2, 0.25) is 0 Å². The molecule has 314 valence electrons. The number of ether oxygens (including phenoxy) is 6. The monoisotopic (exact) mass is 827 g/mol. The van der Waals surface area contributed by atoms with E-state index in [1.54, 1.807) is 12.1 Å². The summed E-state index contributed by atoms with van der Waals surface area (Å²) in [5.74, 6) is -4.66. The van der Waals surface area contributed by atoms with Crippen LogP contribution in [0.25, 0.3) is 28.4 Å². The lowest BCUT2D eigenvalue weighted by Crippen LogP contribution is -2.60. The number of carboxylic acids is 1. The van der Waals surface area contributed by atoms with E-state index in [0.717, 1.165) is 12.1 Å². The number of benzene rings is 3. The Morgan fingerprint density at radius 2 is 1.19 bits per heavy atom. The zero-order valence-electron chi connectivity index (χ0n) is 30.5. The van der Waals surface area contributed by atoms with Crippen LogP contribution in [0.4, 0.5) is 0 Å². The molecule has 0 radical (unpaired) electrons. The molecule has 10 N–H and O–H groups in total. The van der Waals surface area contributed by atoms with Gasteiger partial charge in [0.1, 0.15) is 96.9 Å². The molecule has 0 amide bonds. The van der Waals surface area contributed by atoms with E-state index in [0.29, 0.717) is 5.56 Å². The molecule has 1 aromatic heterocycles. The third kappa shape index (κ3) is 10.1. The van der Waals surface area contributed by atoms with Gasteiger partial charge in [-0.25, -0.2) is 9.21 Å². The molecular weight excluding hydrogens is 788 g/mol. The molecule has 4 aromatic rings. The van der Waals surface area contributed by atoms with Crippen molar-refractivity contribution in [1.82, 2.24) is 0 Å². The standard InChI is InChI=1S/C39H38O20/c40-19-6-1-17(2-7-19)3-10-29(45)53-15-26-31(47)34(50)36(52)39(59-26)57-25-13-22-23(55-37(25)18-4-8-20(41)9-5-18)11-21(42)12-24(22)56-38-35(51)33(49)32(48)27(58-38)16-54-30(46)14-28(43)44/h1-13,26-27,31-36,38-39,47-52H,14-16H2,(H3-,40,41,42,43,44,45)/p+1. The Morgan fingerprint density at radius 3 is 1.76 bits per heavy atom. The summed E-state index contributed by atoms with van der Waals surface area (Å²) in [6, 6.07) is 14.9. The molecule has 10 atom stereocenters. The van der Waals surface area contributed by atoms with Crippen LogP contribution < -0.4 is 9.47 Å². The molecule has 2 aliphatic heterocycles. The van der Waals surface area contributed by atoms with Crippen LogP contribution in [0.3, 0.4) is 0 Å². The van der Waals surface area contributed by atoms with Crippen molar-refractivity contribution in [1.29, 1.82) is 0 Å². The van der Waals surface area contributed by atoms with Crippen molar-refractivity contribution in [2.45, 2.75) is 67.8 Å². The number of rotatable bonds is 13. The second kappa shape index (κ2) is 18.2. The van der Waals surface area contributed by atoms with E-state index in [-0.39, 0.29) is 45.3 Å². The van der Waals surface area contributed by atoms with Crippen LogP contribution in [0.5, 0.6) is 28.7 Å². The number of aliphatic carboxylic acids is 1. The molecule has 3 aromatic carbocycles. The number of hydrogen-bond donors (Lipinski definition) is 10. The Balaban J connectivity index is 1.28. The first-order chi connectivity index (χ1) is 28.1. The molecule has 2 saturated heterocycles. The number of carbonyl (C=O) groups excluding carboxylic acids is 2. The lowest BCUT2D eigenvalue weighted by molar-refractivity contribution is -0.278. The van der Waals surface area contributed by atoms with Crippen LogP contribution in [0, 0.1) is 0 Å². The summed E-state index contributed by atoms with van der Waals surface area (Å²) in [4.78, 5) is 35.1. The predicted octanol–water partition coefficient (Wildman–Crippen LogP) is 0.145. The molecule has 6 rings (SSSR count). The van der Waals surface area contributed by atoms with Gasteiger partial charge in [-0.3, -0.25) is 9.59 Å². The normalized spacial score (nSPS) is 26.9. The van der Waals surface area contributed by atoms with E-state index in [1.807, 2.05) is 0 Å². The zero-order valence-corrected chi connectivity index (χ0v) is 30.5. The van der Waals surface area contributed by atoms with Crippen molar-refractivity contribution < 1.29 is 98.3 Å². The molecule has 3 heterocycles. The maximum absolute atomic E-state index is 12.5. The average Bonchev–Trinajstić information content (AvgIpc) is 3.20. The maximum Gasteiger partial charge on any atom is 0.402 e. The highest BCUT2D eigenvalue weighted by molar-refractivity contribution is 5.90. The van der Waals surface area contributed by atoms with E-state index in [9.17, 15) is 60.3 Å². The van der Waals surface area contributed by atoms with Gasteiger partial charge in [-0.05, 0) is 48.0 Å². The van der Waals surface area contributed by atoms with E-state index >= 15 is 0 Å². The van der Waals surface area contributed by atoms with Crippen LogP contribution >= 0.6 is 0 Å². The quantitative estimate of drug-likeness (QED) is 0.0371. The van der Waals surface area contributed by atoms with Crippen molar-refractivity contribution in [2.24, 2.45) is 0 Å². The van der Waals surface area contributed by atoms with Gasteiger partial charge in [-0.15, -0.1) is 0 Å². The Labute approximate surface area is 332 Å². The summed E-state index contributed by atoms with van der Waals surface area (Å²) >= 11 is 0. The maximum atomic E-state index is 12.5. The lowest BCUT2D eigenvalue weighted by atomic mass is 9.99. The summed E-state index contributed by atoms with van der Waals surface area (Å²) in [5.41, 5.74) is 0.742. The number of hydrogen-bond acceptors (Lipinski definition) is 18. The predicted molar refractivity (Wildman–Crippen MR) is 195 cm³/mol. The van der Waals surface area contributed by atoms with Crippen molar-refractivity contribution in [2.75, 3.05) is 13.2 Å². The van der Waals surface area contributed by atoms with Crippen LogP contribution in [-0.4, -0.2) is 144 Å². The van der Waals surface area contributed by atoms with E-state index in [2.05, 4.69) is 0 Å². The van der Waals surface area contributed by atoms with E-state index < -0.39 is 105 Å². The third-order valence-corrected chi connectivity index (χ3v) is 9.15. The first-order valence-corrected chi connectivity index (χ1v) is 17.7. The van der Waals surface area contributed by atoms with Crippen molar-refractivity contribution in [3.05, 3.63) is 78.4 Å². The Morgan fingerprint density at radius 1 is 0.644 bits per heavy atom. The highest BCUT2D eigenvalue weighted by Crippen LogP contribution is 2.42. The molecule has 0 bridgehead atoms. The number of phenolic OH excluding ortho intramolecular Hbond substituents is 3. The van der Waals surface area contributed by atoms with Gasteiger partial charge in [-0.1, -0.05) is 12.1 Å². The molecule has 0 spiro atoms. The molecular formula is C39H39O20+. The number of aliphatic hydroxyl groups is 6. The summed E-state index contributed by atoms with van der Waals surface area (Å²) in [6.45, 7) is -1.36. The smallest absolute Gasteiger partial charge is 0.402 e. The minimum absolute atomic E-state index is 0.0158. The summed E-state index contributed by atoms with van der Waals surface area (Å²) in [5, 5.41) is 103. The lowest BCUT2D eigenvalue weighted by Gasteiger charge is -2.40. The highest BCUT2D eigenvalue weighted by Gasteiger charge is 2.48. The molecule has 59 heavy (non-hydrogen) atoms. The van der Waals surface area contributed by atoms with Crippen LogP contribution in [-0.2, 0) is 33.3 Å². The topological polar surface area (TPSA) is 320 Å². The second-order valence-corrected chi connectivity index (χ2v) is 13.4. The van der Waals surface area contributed by atoms with Crippen LogP contribution in [0.1, 0.15) is 12.0 Å². The van der Waals surface area contributed by atoms with Gasteiger partial charge >= 0.3 is 29.3 Å². The molecule has 20 nitrogen and oxygen atoms in total. The number of fused-ring (bicyclic) bond motifs is 1. The summed E-state index contributed by atoms with van der Waals surface area (Å²) in [6.07, 6.45) is -16.3. The molecule has 2 aliphatic rings. The fraction of sp³-hybridized carbons (Fsp3) is 0.333. The van der Waals surface area contributed by atoms with Crippen molar-refractivity contribution >= 4 is 35.0 Å². The largest absolute Gasteiger partial charge is 0.508 e. The Kier molecular flexibility index (Phi) is 13.1. The SMILES string of the molecule is O=C(O)CC(=O)OCC1OC(Oc2cc(O)cc3[o+]c(-c4ccc(O)cc4)c(OC4OC(COC(=O)C=Cc5ccc(O)cc5)C(O)C(O)C4O)cc23)C(O)C(O)C1O. The number of carbonyl (C=O) groups is 3. The number of esters is 2. The highest BCUT2D eigenvalue weighted by atomic mass is 16.7. The van der Waals surface area contributed by atoms with Gasteiger partial charge < -0.3 is 79.5 Å². The first kappa shape index (κ1) is 42.5. The van der Waals surface area contributed by atoms with Gasteiger partial charge in [0.25, 0.3) is 0 Å². The first-order valence-electron chi connectivity index (χ1n) is 17.7. The second-order valence-electron chi connectivity index (χ2n) is 13.4. The molecule has 0 aliphatic carbocycles. The van der Waals surface area contributed by atoms with Crippen molar-refractivity contribution in [3.63, 3.8) is 0 Å². The molecule has 2 fully saturated rings. The van der Waals surface area contributed by atoms with Crippen molar-refractivity contribution in [3.8, 4) is 40.1 Å². The van der Waals surface area contributed by atoms with Gasteiger partial charge in [0, 0.05) is 18.2 Å². The fourth-order valence-corrected chi connectivity index (χ4v) is 6.03. The summed E-state index contributed by atoms with van der Waals surface area (Å²) in [7, 11) is 0. The Bertz CT molecular complexity index is 2160. The fourth-order valence-electron chi connectivity index (χ4n) is 6.03. The van der Waals surface area contributed by atoms with E-state index in [1.165, 1.54) is 54.6 Å². The summed E-state index contributed by atoms with van der Waals surface area (Å²) < 4.78 is 39.4. The molecule has 0 saturated carbocycles. The third-order valence-electron chi connectivity index (χ3n) is 9.15. The number of carboxylic acid groups (broad SMARTS) is 1. The van der Waals surface area contributed by atoms with Gasteiger partial charge in [0.15, 0.2) is 0 Å². The van der Waals surface area contributed by atoms with Gasteiger partial charge in [0.2, 0.25) is 18.3 Å². The van der Waals surface area contributed by atoms with Crippen LogP contribution in [0.15, 0.2) is 77.2 Å². The molecule has 20 heteroatoms. The number of aliphatic hydroxyl groups excluding tert-OH is 6. The van der Waals surface area contributed by atoms with Gasteiger partial charge in [0.05, 0.1) is 11.6 Å². The number of aromatic hydroxyl groups is 3. The average molecular weight is 828 g/mol. The van der Waals surface area contributed by atoms with E-state index in [4.69, 9.17) is 37.9 Å².